The van der Waals surface area contributed by atoms with Gasteiger partial charge in [0.1, 0.15) is 17.5 Å². The summed E-state index contributed by atoms with van der Waals surface area (Å²) in [4.78, 5) is 0. The van der Waals surface area contributed by atoms with E-state index in [1.165, 1.54) is 12.1 Å². The van der Waals surface area contributed by atoms with Crippen molar-refractivity contribution in [2.75, 3.05) is 0 Å². The number of halogens is 4. The highest BCUT2D eigenvalue weighted by Gasteiger charge is 2.07. The zero-order chi connectivity index (χ0) is 11.7. The second-order valence-electron chi connectivity index (χ2n) is 3.28. The Morgan fingerprint density at radius 2 is 1.38 bits per heavy atom. The van der Waals surface area contributed by atoms with Gasteiger partial charge in [-0.3, -0.25) is 0 Å². The molecule has 4 heteroatoms. The van der Waals surface area contributed by atoms with Crippen LogP contribution in [0.3, 0.4) is 0 Å². The molecule has 0 radical (unpaired) electrons. The molecule has 0 fully saturated rings. The van der Waals surface area contributed by atoms with Gasteiger partial charge in [-0.15, -0.1) is 0 Å². The molecule has 0 spiro atoms. The van der Waals surface area contributed by atoms with E-state index >= 15 is 0 Å². The van der Waals surface area contributed by atoms with Gasteiger partial charge in [-0.25, -0.2) is 13.2 Å². The molecule has 0 aliphatic carbocycles. The van der Waals surface area contributed by atoms with E-state index in [1.807, 2.05) is 0 Å². The van der Waals surface area contributed by atoms with Crippen LogP contribution in [0.5, 0.6) is 0 Å². The Labute approximate surface area is 95.3 Å². The highest BCUT2D eigenvalue weighted by molar-refractivity contribution is 6.33. The monoisotopic (exact) mass is 242 g/mol. The van der Waals surface area contributed by atoms with Crippen molar-refractivity contribution >= 4 is 11.6 Å². The molecule has 0 aliphatic heterocycles. The molecule has 0 atom stereocenters. The largest absolute Gasteiger partial charge is 0.207 e. The van der Waals surface area contributed by atoms with Crippen molar-refractivity contribution in [2.45, 2.75) is 0 Å². The molecule has 2 aromatic carbocycles. The fourth-order valence-corrected chi connectivity index (χ4v) is 1.71. The van der Waals surface area contributed by atoms with Gasteiger partial charge in [-0.1, -0.05) is 11.6 Å². The molecular weight excluding hydrogens is 237 g/mol. The molecule has 82 valence electrons. The molecule has 0 nitrogen and oxygen atoms in total. The summed E-state index contributed by atoms with van der Waals surface area (Å²) in [5, 5.41) is 0.116. The average molecular weight is 243 g/mol. The van der Waals surface area contributed by atoms with Gasteiger partial charge in [0.15, 0.2) is 0 Å². The minimum Gasteiger partial charge on any atom is -0.207 e. The van der Waals surface area contributed by atoms with Crippen LogP contribution >= 0.6 is 11.6 Å². The molecule has 2 aromatic rings. The lowest BCUT2D eigenvalue weighted by Crippen LogP contribution is -1.86. The van der Waals surface area contributed by atoms with E-state index in [4.69, 9.17) is 11.6 Å². The Morgan fingerprint density at radius 3 is 1.94 bits per heavy atom. The average Bonchev–Trinajstić information content (AvgIpc) is 2.15. The predicted molar refractivity (Wildman–Crippen MR) is 56.8 cm³/mol. The van der Waals surface area contributed by atoms with Crippen LogP contribution in [0.4, 0.5) is 13.2 Å². The zero-order valence-corrected chi connectivity index (χ0v) is 8.73. The minimum atomic E-state index is -0.699. The first-order valence-corrected chi connectivity index (χ1v) is 4.85. The Morgan fingerprint density at radius 1 is 0.750 bits per heavy atom. The van der Waals surface area contributed by atoms with Crippen molar-refractivity contribution in [3.8, 4) is 11.1 Å². The van der Waals surface area contributed by atoms with Gasteiger partial charge in [-0.2, -0.15) is 0 Å². The lowest BCUT2D eigenvalue weighted by Gasteiger charge is -2.05. The predicted octanol–water partition coefficient (Wildman–Crippen LogP) is 4.42. The first-order chi connectivity index (χ1) is 7.56. The minimum absolute atomic E-state index is 0.116. The molecule has 0 bridgehead atoms. The van der Waals surface area contributed by atoms with Gasteiger partial charge in [-0.05, 0) is 35.9 Å². The summed E-state index contributed by atoms with van der Waals surface area (Å²) >= 11 is 5.78. The van der Waals surface area contributed by atoms with Gasteiger partial charge < -0.3 is 0 Å². The molecule has 0 aromatic heterocycles. The second kappa shape index (κ2) is 4.18. The fourth-order valence-electron chi connectivity index (χ4n) is 1.43. The van der Waals surface area contributed by atoms with Crippen LogP contribution in [0.2, 0.25) is 5.02 Å². The van der Waals surface area contributed by atoms with Crippen LogP contribution in [0.15, 0.2) is 36.4 Å². The van der Waals surface area contributed by atoms with Crippen molar-refractivity contribution < 1.29 is 13.2 Å². The lowest BCUT2D eigenvalue weighted by atomic mass is 10.1. The van der Waals surface area contributed by atoms with Crippen LogP contribution in [0.1, 0.15) is 0 Å². The molecule has 0 saturated carbocycles. The fraction of sp³-hybridized carbons (Fsp3) is 0. The van der Waals surface area contributed by atoms with Crippen LogP contribution in [0, 0.1) is 17.5 Å². The van der Waals surface area contributed by atoms with E-state index in [9.17, 15) is 13.2 Å². The van der Waals surface area contributed by atoms with E-state index in [2.05, 4.69) is 0 Å². The van der Waals surface area contributed by atoms with Crippen molar-refractivity contribution in [2.24, 2.45) is 0 Å². The smallest absolute Gasteiger partial charge is 0.126 e. The SMILES string of the molecule is Fc1cc(F)cc(-c2ccc(F)cc2Cl)c1. The molecule has 0 saturated heterocycles. The first kappa shape index (κ1) is 11.0. The Hall–Kier alpha value is -1.48. The van der Waals surface area contributed by atoms with E-state index in [0.29, 0.717) is 5.56 Å². The summed E-state index contributed by atoms with van der Waals surface area (Å²) in [6.45, 7) is 0. The lowest BCUT2D eigenvalue weighted by molar-refractivity contribution is 0.584. The van der Waals surface area contributed by atoms with E-state index in [1.54, 1.807) is 0 Å². The Balaban J connectivity index is 2.58. The van der Waals surface area contributed by atoms with E-state index in [0.717, 1.165) is 24.3 Å². The van der Waals surface area contributed by atoms with E-state index in [-0.39, 0.29) is 10.6 Å². The summed E-state index contributed by atoms with van der Waals surface area (Å²) < 4.78 is 38.7. The summed E-state index contributed by atoms with van der Waals surface area (Å²) in [6.07, 6.45) is 0. The maximum absolute atomic E-state index is 13.0. The van der Waals surface area contributed by atoms with Crippen molar-refractivity contribution in [1.29, 1.82) is 0 Å². The number of benzene rings is 2. The molecule has 0 heterocycles. The quantitative estimate of drug-likeness (QED) is 0.694. The molecule has 0 unspecified atom stereocenters. The van der Waals surface area contributed by atoms with Crippen LogP contribution in [-0.2, 0) is 0 Å². The van der Waals surface area contributed by atoms with E-state index < -0.39 is 17.5 Å². The third kappa shape index (κ3) is 2.19. The third-order valence-electron chi connectivity index (χ3n) is 2.10. The van der Waals surface area contributed by atoms with Gasteiger partial charge in [0.2, 0.25) is 0 Å². The Kier molecular flexibility index (Phi) is 2.88. The van der Waals surface area contributed by atoms with Gasteiger partial charge in [0.25, 0.3) is 0 Å². The van der Waals surface area contributed by atoms with Crippen molar-refractivity contribution in [3.63, 3.8) is 0 Å². The second-order valence-corrected chi connectivity index (χ2v) is 3.69. The molecule has 2 rings (SSSR count). The highest BCUT2D eigenvalue weighted by atomic mass is 35.5. The molecule has 0 aliphatic rings. The summed E-state index contributed by atoms with van der Waals surface area (Å²) in [6, 6.07) is 6.71. The van der Waals surface area contributed by atoms with Crippen molar-refractivity contribution in [1.82, 2.24) is 0 Å². The maximum atomic E-state index is 13.0. The highest BCUT2D eigenvalue weighted by Crippen LogP contribution is 2.29. The van der Waals surface area contributed by atoms with Crippen LogP contribution in [0.25, 0.3) is 11.1 Å². The summed E-state index contributed by atoms with van der Waals surface area (Å²) in [5.74, 6) is -1.89. The number of hydrogen-bond acceptors (Lipinski definition) is 0. The van der Waals surface area contributed by atoms with Crippen LogP contribution < -0.4 is 0 Å². The summed E-state index contributed by atoms with van der Waals surface area (Å²) in [7, 11) is 0. The number of rotatable bonds is 1. The topological polar surface area (TPSA) is 0 Å². The number of hydrogen-bond donors (Lipinski definition) is 0. The Bertz CT molecular complexity index is 518. The maximum Gasteiger partial charge on any atom is 0.126 e. The van der Waals surface area contributed by atoms with Gasteiger partial charge in [0, 0.05) is 11.6 Å². The molecular formula is C12H6ClF3. The summed E-state index contributed by atoms with van der Waals surface area (Å²) in [5.41, 5.74) is 0.670. The normalized spacial score (nSPS) is 10.5. The van der Waals surface area contributed by atoms with Crippen molar-refractivity contribution in [3.05, 3.63) is 58.9 Å². The third-order valence-corrected chi connectivity index (χ3v) is 2.42. The molecule has 0 amide bonds. The zero-order valence-electron chi connectivity index (χ0n) is 7.98. The van der Waals surface area contributed by atoms with Gasteiger partial charge in [0.05, 0.1) is 5.02 Å². The van der Waals surface area contributed by atoms with Crippen LogP contribution in [-0.4, -0.2) is 0 Å². The first-order valence-electron chi connectivity index (χ1n) is 4.48. The molecule has 0 N–H and O–H groups in total. The van der Waals surface area contributed by atoms with Gasteiger partial charge >= 0.3 is 0 Å². The molecule has 16 heavy (non-hydrogen) atoms. The standard InChI is InChI=1S/C12H6ClF3/c13-12-6-8(14)1-2-11(12)7-3-9(15)5-10(16)4-7/h1-6H.